The van der Waals surface area contributed by atoms with Gasteiger partial charge in [-0.2, -0.15) is 4.31 Å². The van der Waals surface area contributed by atoms with E-state index in [0.717, 1.165) is 24.0 Å². The second-order valence-electron chi connectivity index (χ2n) is 6.91. The largest absolute Gasteiger partial charge is 0.495 e. The van der Waals surface area contributed by atoms with Crippen LogP contribution >= 0.6 is 0 Å². The van der Waals surface area contributed by atoms with Crippen molar-refractivity contribution in [3.63, 3.8) is 0 Å². The Morgan fingerprint density at radius 1 is 1.03 bits per heavy atom. The summed E-state index contributed by atoms with van der Waals surface area (Å²) in [5, 5.41) is 2.83. The van der Waals surface area contributed by atoms with Crippen molar-refractivity contribution in [3.8, 4) is 5.75 Å². The lowest BCUT2D eigenvalue weighted by atomic mass is 10.1. The van der Waals surface area contributed by atoms with Gasteiger partial charge >= 0.3 is 0 Å². The summed E-state index contributed by atoms with van der Waals surface area (Å²) in [7, 11) is -0.636. The van der Waals surface area contributed by atoms with E-state index in [9.17, 15) is 13.2 Å². The molecule has 0 aromatic heterocycles. The smallest absolute Gasteiger partial charge is 0.251 e. The molecule has 1 fully saturated rings. The van der Waals surface area contributed by atoms with Gasteiger partial charge in [0.1, 0.15) is 10.6 Å². The number of amides is 1. The van der Waals surface area contributed by atoms with Gasteiger partial charge in [-0.05, 0) is 42.2 Å². The van der Waals surface area contributed by atoms with Crippen molar-refractivity contribution in [2.75, 3.05) is 27.3 Å². The zero-order valence-corrected chi connectivity index (χ0v) is 17.5. The molecule has 0 radical (unpaired) electrons. The van der Waals surface area contributed by atoms with E-state index < -0.39 is 10.0 Å². The molecule has 0 aliphatic carbocycles. The number of methoxy groups -OCH3 is 2. The molecule has 1 N–H and O–H groups in total. The van der Waals surface area contributed by atoms with Crippen LogP contribution in [0.3, 0.4) is 0 Å². The molecule has 1 saturated heterocycles. The lowest BCUT2D eigenvalue weighted by Gasteiger charge is -2.18. The Labute approximate surface area is 171 Å². The van der Waals surface area contributed by atoms with Crippen LogP contribution in [0.25, 0.3) is 0 Å². The summed E-state index contributed by atoms with van der Waals surface area (Å²) < 4.78 is 37.7. The van der Waals surface area contributed by atoms with Gasteiger partial charge in [0.2, 0.25) is 10.0 Å². The highest BCUT2D eigenvalue weighted by atomic mass is 32.2. The van der Waals surface area contributed by atoms with Crippen LogP contribution in [0.2, 0.25) is 0 Å². The van der Waals surface area contributed by atoms with E-state index in [1.165, 1.54) is 23.5 Å². The molecule has 1 heterocycles. The van der Waals surface area contributed by atoms with E-state index in [4.69, 9.17) is 9.47 Å². The molecule has 3 rings (SSSR count). The third-order valence-corrected chi connectivity index (χ3v) is 6.82. The van der Waals surface area contributed by atoms with Crippen LogP contribution in [0.5, 0.6) is 5.75 Å². The molecule has 1 amide bonds. The molecule has 8 heteroatoms. The first-order chi connectivity index (χ1) is 14.0. The number of carbonyl (C=O) groups is 1. The molecule has 156 valence electrons. The Kier molecular flexibility index (Phi) is 6.89. The van der Waals surface area contributed by atoms with E-state index in [1.54, 1.807) is 13.2 Å². The fourth-order valence-electron chi connectivity index (χ4n) is 3.29. The Balaban J connectivity index is 1.75. The third-order valence-electron chi connectivity index (χ3n) is 4.90. The summed E-state index contributed by atoms with van der Waals surface area (Å²) in [5.74, 6) is -0.103. The minimum Gasteiger partial charge on any atom is -0.495 e. The summed E-state index contributed by atoms with van der Waals surface area (Å²) in [6.45, 7) is 1.85. The van der Waals surface area contributed by atoms with E-state index in [2.05, 4.69) is 5.32 Å². The summed E-state index contributed by atoms with van der Waals surface area (Å²) in [5.41, 5.74) is 2.27. The standard InChI is InChI=1S/C21H26N2O5S/c1-27-15-17-7-5-16(6-8-17)14-22-21(24)18-9-10-19(28-2)20(13-18)29(25,26)23-11-3-4-12-23/h5-10,13H,3-4,11-12,14-15H2,1-2H3,(H,22,24). The molecule has 0 atom stereocenters. The number of rotatable bonds is 8. The van der Waals surface area contributed by atoms with Crippen molar-refractivity contribution in [1.29, 1.82) is 0 Å². The van der Waals surface area contributed by atoms with Gasteiger partial charge in [0.15, 0.2) is 0 Å². The average molecular weight is 419 g/mol. The first-order valence-electron chi connectivity index (χ1n) is 9.49. The second-order valence-corrected chi connectivity index (χ2v) is 8.82. The minimum atomic E-state index is -3.70. The lowest BCUT2D eigenvalue weighted by Crippen LogP contribution is -2.29. The van der Waals surface area contributed by atoms with Crippen LogP contribution in [0.4, 0.5) is 0 Å². The van der Waals surface area contributed by atoms with Gasteiger partial charge in [0, 0.05) is 32.3 Å². The molecule has 7 nitrogen and oxygen atoms in total. The third kappa shape index (κ3) is 4.95. The van der Waals surface area contributed by atoms with Crippen molar-refractivity contribution in [3.05, 3.63) is 59.2 Å². The number of hydrogen-bond acceptors (Lipinski definition) is 5. The molecule has 1 aliphatic heterocycles. The predicted molar refractivity (Wildman–Crippen MR) is 109 cm³/mol. The van der Waals surface area contributed by atoms with E-state index in [1.807, 2.05) is 24.3 Å². The number of sulfonamides is 1. The van der Waals surface area contributed by atoms with Crippen molar-refractivity contribution >= 4 is 15.9 Å². The monoisotopic (exact) mass is 418 g/mol. The fraction of sp³-hybridized carbons (Fsp3) is 0.381. The lowest BCUT2D eigenvalue weighted by molar-refractivity contribution is 0.0950. The van der Waals surface area contributed by atoms with Crippen LogP contribution in [-0.4, -0.2) is 45.9 Å². The number of nitrogens with zero attached hydrogens (tertiary/aromatic N) is 1. The number of hydrogen-bond donors (Lipinski definition) is 1. The number of carbonyl (C=O) groups excluding carboxylic acids is 1. The van der Waals surface area contributed by atoms with Crippen molar-refractivity contribution in [2.24, 2.45) is 0 Å². The number of ether oxygens (including phenoxy) is 2. The minimum absolute atomic E-state index is 0.0264. The van der Waals surface area contributed by atoms with Gasteiger partial charge in [0.05, 0.1) is 13.7 Å². The topological polar surface area (TPSA) is 84.9 Å². The quantitative estimate of drug-likeness (QED) is 0.712. The highest BCUT2D eigenvalue weighted by Gasteiger charge is 2.30. The average Bonchev–Trinajstić information content (AvgIpc) is 3.28. The fourth-order valence-corrected chi connectivity index (χ4v) is 4.99. The highest BCUT2D eigenvalue weighted by molar-refractivity contribution is 7.89. The summed E-state index contributed by atoms with van der Waals surface area (Å²) in [6, 6.07) is 12.2. The SMILES string of the molecule is COCc1ccc(CNC(=O)c2ccc(OC)c(S(=O)(=O)N3CCCC3)c2)cc1. The van der Waals surface area contributed by atoms with Gasteiger partial charge in [-0.3, -0.25) is 4.79 Å². The Morgan fingerprint density at radius 3 is 2.31 bits per heavy atom. The highest BCUT2D eigenvalue weighted by Crippen LogP contribution is 2.29. The van der Waals surface area contributed by atoms with Crippen LogP contribution in [0.15, 0.2) is 47.4 Å². The maximum Gasteiger partial charge on any atom is 0.251 e. The van der Waals surface area contributed by atoms with Crippen molar-refractivity contribution < 1.29 is 22.7 Å². The molecule has 2 aromatic rings. The maximum absolute atomic E-state index is 13.0. The normalized spacial score (nSPS) is 14.7. The Bertz CT molecular complexity index is 952. The van der Waals surface area contributed by atoms with Gasteiger partial charge < -0.3 is 14.8 Å². The summed E-state index contributed by atoms with van der Waals surface area (Å²) in [6.07, 6.45) is 1.68. The molecule has 0 spiro atoms. The van der Waals surface area contributed by atoms with Gasteiger partial charge in [-0.25, -0.2) is 8.42 Å². The van der Waals surface area contributed by atoms with Crippen LogP contribution in [0.1, 0.15) is 34.3 Å². The molecule has 0 unspecified atom stereocenters. The van der Waals surface area contributed by atoms with Crippen molar-refractivity contribution in [2.45, 2.75) is 30.9 Å². The van der Waals surface area contributed by atoms with Crippen LogP contribution < -0.4 is 10.1 Å². The van der Waals surface area contributed by atoms with Crippen LogP contribution in [0, 0.1) is 0 Å². The van der Waals surface area contributed by atoms with E-state index in [-0.39, 0.29) is 22.1 Å². The molecule has 2 aromatic carbocycles. The predicted octanol–water partition coefficient (Wildman–Crippen LogP) is 2.56. The van der Waals surface area contributed by atoms with Gasteiger partial charge in [-0.1, -0.05) is 24.3 Å². The summed E-state index contributed by atoms with van der Waals surface area (Å²) in [4.78, 5) is 12.6. The number of nitrogens with one attached hydrogen (secondary N) is 1. The first kappa shape index (κ1) is 21.3. The molecule has 1 aliphatic rings. The molecule has 0 saturated carbocycles. The molecule has 29 heavy (non-hydrogen) atoms. The van der Waals surface area contributed by atoms with E-state index in [0.29, 0.717) is 26.2 Å². The van der Waals surface area contributed by atoms with Crippen molar-refractivity contribution in [1.82, 2.24) is 9.62 Å². The zero-order valence-electron chi connectivity index (χ0n) is 16.7. The van der Waals surface area contributed by atoms with E-state index >= 15 is 0 Å². The second kappa shape index (κ2) is 9.39. The molecule has 0 bridgehead atoms. The Hall–Kier alpha value is -2.42. The Morgan fingerprint density at radius 2 is 1.69 bits per heavy atom. The number of benzene rings is 2. The summed E-state index contributed by atoms with van der Waals surface area (Å²) >= 11 is 0. The maximum atomic E-state index is 13.0. The van der Waals surface area contributed by atoms with Gasteiger partial charge in [0.25, 0.3) is 5.91 Å². The first-order valence-corrected chi connectivity index (χ1v) is 10.9. The van der Waals surface area contributed by atoms with Crippen LogP contribution in [-0.2, 0) is 27.9 Å². The van der Waals surface area contributed by atoms with Gasteiger partial charge in [-0.15, -0.1) is 0 Å². The molecular weight excluding hydrogens is 392 g/mol. The zero-order chi connectivity index (χ0) is 20.9. The molecular formula is C21H26N2O5S.